The molecule has 3 nitrogen and oxygen atoms in total. The largest absolute Gasteiger partial charge is 0.480 e. The van der Waals surface area contributed by atoms with Gasteiger partial charge in [0.25, 0.3) is 0 Å². The van der Waals surface area contributed by atoms with Crippen LogP contribution in [0.3, 0.4) is 0 Å². The van der Waals surface area contributed by atoms with Gasteiger partial charge in [-0.3, -0.25) is 4.79 Å². The van der Waals surface area contributed by atoms with Gasteiger partial charge >= 0.3 is 0 Å². The van der Waals surface area contributed by atoms with Crippen LogP contribution in [0.5, 0.6) is 5.88 Å². The molecule has 1 heterocycles. The number of benzene rings is 1. The van der Waals surface area contributed by atoms with Gasteiger partial charge in [-0.1, -0.05) is 0 Å². The Morgan fingerprint density at radius 3 is 2.78 bits per heavy atom. The topological polar surface area (TPSA) is 39.2 Å². The minimum atomic E-state index is -0.429. The third-order valence-electron chi connectivity index (χ3n) is 2.51. The lowest BCUT2D eigenvalue weighted by Crippen LogP contribution is -2.05. The molecular weight excluding hydrogens is 233 g/mol. The van der Waals surface area contributed by atoms with Gasteiger partial charge in [-0.15, -0.1) is 0 Å². The highest BCUT2D eigenvalue weighted by atomic mass is 19.1. The molecule has 2 aromatic rings. The first-order valence-electron chi connectivity index (χ1n) is 5.42. The Morgan fingerprint density at radius 1 is 1.33 bits per heavy atom. The summed E-state index contributed by atoms with van der Waals surface area (Å²) in [4.78, 5) is 16.2. The fourth-order valence-corrected chi connectivity index (χ4v) is 1.75. The summed E-state index contributed by atoms with van der Waals surface area (Å²) in [5.74, 6) is -0.492. The molecule has 0 aliphatic carbocycles. The molecule has 0 aliphatic rings. The third kappa shape index (κ3) is 2.37. The molecule has 0 unspecified atom stereocenters. The fourth-order valence-electron chi connectivity index (χ4n) is 1.75. The van der Waals surface area contributed by atoms with Gasteiger partial charge in [-0.2, -0.15) is 0 Å². The first kappa shape index (κ1) is 12.2. The summed E-state index contributed by atoms with van der Waals surface area (Å²) in [6.07, 6.45) is 1.53. The summed E-state index contributed by atoms with van der Waals surface area (Å²) in [5.41, 5.74) is 1.31. The quantitative estimate of drug-likeness (QED) is 0.780. The highest BCUT2D eigenvalue weighted by Gasteiger charge is 2.15. The van der Waals surface area contributed by atoms with E-state index in [9.17, 15) is 9.18 Å². The molecule has 0 saturated carbocycles. The molecule has 1 aromatic carbocycles. The number of nitrogens with zero attached hydrogens (tertiary/aromatic N) is 1. The summed E-state index contributed by atoms with van der Waals surface area (Å²) in [5, 5.41) is 0. The number of halogens is 1. The molecule has 0 radical (unpaired) electrons. The number of methoxy groups -OCH3 is 1. The summed E-state index contributed by atoms with van der Waals surface area (Å²) in [6.45, 7) is 1.74. The standard InChI is InChI=1S/C14H12FNO2/c1-9-6-10(8-11(15)7-9)13(17)12-4-3-5-16-14(12)18-2/h3-8H,1-2H3. The van der Waals surface area contributed by atoms with Crippen molar-refractivity contribution in [3.63, 3.8) is 0 Å². The zero-order chi connectivity index (χ0) is 13.1. The molecule has 0 fully saturated rings. The minimum Gasteiger partial charge on any atom is -0.480 e. The van der Waals surface area contributed by atoms with Crippen molar-refractivity contribution in [1.29, 1.82) is 0 Å². The lowest BCUT2D eigenvalue weighted by molar-refractivity contribution is 0.103. The number of pyridine rings is 1. The number of carbonyl (C=O) groups is 1. The van der Waals surface area contributed by atoms with Crippen LogP contribution in [0, 0.1) is 12.7 Å². The smallest absolute Gasteiger partial charge is 0.224 e. The van der Waals surface area contributed by atoms with E-state index in [1.807, 2.05) is 0 Å². The van der Waals surface area contributed by atoms with E-state index in [0.717, 1.165) is 0 Å². The van der Waals surface area contributed by atoms with Crippen molar-refractivity contribution in [2.45, 2.75) is 6.92 Å². The van der Waals surface area contributed by atoms with Gasteiger partial charge in [0.1, 0.15) is 5.82 Å². The molecule has 0 spiro atoms. The maximum absolute atomic E-state index is 13.3. The van der Waals surface area contributed by atoms with E-state index in [0.29, 0.717) is 16.7 Å². The average Bonchev–Trinajstić information content (AvgIpc) is 2.36. The van der Waals surface area contributed by atoms with Gasteiger partial charge in [0.05, 0.1) is 12.7 Å². The molecule has 2 rings (SSSR count). The van der Waals surface area contributed by atoms with E-state index >= 15 is 0 Å². The Labute approximate surface area is 104 Å². The number of aromatic nitrogens is 1. The van der Waals surface area contributed by atoms with Crippen molar-refractivity contribution >= 4 is 5.78 Å². The van der Waals surface area contributed by atoms with Crippen LogP contribution in [-0.2, 0) is 0 Å². The van der Waals surface area contributed by atoms with Crippen LogP contribution in [0.15, 0.2) is 36.5 Å². The summed E-state index contributed by atoms with van der Waals surface area (Å²) >= 11 is 0. The zero-order valence-corrected chi connectivity index (χ0v) is 10.1. The Morgan fingerprint density at radius 2 is 2.11 bits per heavy atom. The third-order valence-corrected chi connectivity index (χ3v) is 2.51. The van der Waals surface area contributed by atoms with Crippen LogP contribution in [-0.4, -0.2) is 17.9 Å². The Balaban J connectivity index is 2.47. The predicted octanol–water partition coefficient (Wildman–Crippen LogP) is 2.77. The molecule has 0 bridgehead atoms. The van der Waals surface area contributed by atoms with Gasteiger partial charge in [-0.05, 0) is 42.8 Å². The van der Waals surface area contributed by atoms with Crippen molar-refractivity contribution in [2.75, 3.05) is 7.11 Å². The molecule has 0 N–H and O–H groups in total. The first-order chi connectivity index (χ1) is 8.61. The van der Waals surface area contributed by atoms with E-state index in [2.05, 4.69) is 4.98 Å². The number of carbonyl (C=O) groups excluding carboxylic acids is 1. The Kier molecular flexibility index (Phi) is 3.37. The maximum Gasteiger partial charge on any atom is 0.224 e. The molecule has 1 aromatic heterocycles. The average molecular weight is 245 g/mol. The molecule has 92 valence electrons. The number of hydrogen-bond acceptors (Lipinski definition) is 3. The van der Waals surface area contributed by atoms with Crippen molar-refractivity contribution in [1.82, 2.24) is 4.98 Å². The molecule has 0 amide bonds. The van der Waals surface area contributed by atoms with Gasteiger partial charge in [0.15, 0.2) is 5.78 Å². The molecule has 4 heteroatoms. The van der Waals surface area contributed by atoms with E-state index in [-0.39, 0.29) is 11.7 Å². The highest BCUT2D eigenvalue weighted by molar-refractivity contribution is 6.10. The molecule has 18 heavy (non-hydrogen) atoms. The SMILES string of the molecule is COc1ncccc1C(=O)c1cc(C)cc(F)c1. The van der Waals surface area contributed by atoms with Crippen LogP contribution in [0.4, 0.5) is 4.39 Å². The van der Waals surface area contributed by atoms with Crippen LogP contribution in [0.2, 0.25) is 0 Å². The lowest BCUT2D eigenvalue weighted by atomic mass is 10.0. The number of ketones is 1. The van der Waals surface area contributed by atoms with E-state index < -0.39 is 5.82 Å². The number of rotatable bonds is 3. The fraction of sp³-hybridized carbons (Fsp3) is 0.143. The monoisotopic (exact) mass is 245 g/mol. The Bertz CT molecular complexity index is 576. The first-order valence-corrected chi connectivity index (χ1v) is 5.42. The second-order valence-electron chi connectivity index (χ2n) is 3.91. The second kappa shape index (κ2) is 4.96. The van der Waals surface area contributed by atoms with Crippen molar-refractivity contribution in [3.8, 4) is 5.88 Å². The van der Waals surface area contributed by atoms with Crippen molar-refractivity contribution < 1.29 is 13.9 Å². The predicted molar refractivity (Wildman–Crippen MR) is 65.4 cm³/mol. The zero-order valence-electron chi connectivity index (χ0n) is 10.1. The molecule has 0 atom stereocenters. The van der Waals surface area contributed by atoms with E-state index in [1.54, 1.807) is 25.1 Å². The number of hydrogen-bond donors (Lipinski definition) is 0. The Hall–Kier alpha value is -2.23. The number of aryl methyl sites for hydroxylation is 1. The highest BCUT2D eigenvalue weighted by Crippen LogP contribution is 2.19. The lowest BCUT2D eigenvalue weighted by Gasteiger charge is -2.06. The van der Waals surface area contributed by atoms with Crippen LogP contribution in [0.1, 0.15) is 21.5 Å². The maximum atomic E-state index is 13.3. The summed E-state index contributed by atoms with van der Waals surface area (Å²) in [6, 6.07) is 7.47. The summed E-state index contributed by atoms with van der Waals surface area (Å²) in [7, 11) is 1.44. The van der Waals surface area contributed by atoms with Gasteiger partial charge in [0, 0.05) is 11.8 Å². The normalized spacial score (nSPS) is 10.2. The van der Waals surface area contributed by atoms with E-state index in [4.69, 9.17) is 4.74 Å². The number of ether oxygens (including phenoxy) is 1. The summed E-state index contributed by atoms with van der Waals surface area (Å²) < 4.78 is 18.3. The van der Waals surface area contributed by atoms with Crippen LogP contribution < -0.4 is 4.74 Å². The van der Waals surface area contributed by atoms with Crippen LogP contribution in [0.25, 0.3) is 0 Å². The van der Waals surface area contributed by atoms with Crippen molar-refractivity contribution in [3.05, 3.63) is 59.0 Å². The van der Waals surface area contributed by atoms with Gasteiger partial charge in [-0.25, -0.2) is 9.37 Å². The molecular formula is C14H12FNO2. The van der Waals surface area contributed by atoms with E-state index in [1.165, 1.54) is 25.4 Å². The molecule has 0 aliphatic heterocycles. The van der Waals surface area contributed by atoms with Gasteiger partial charge < -0.3 is 4.74 Å². The second-order valence-corrected chi connectivity index (χ2v) is 3.91. The van der Waals surface area contributed by atoms with Crippen LogP contribution >= 0.6 is 0 Å². The minimum absolute atomic E-state index is 0.240. The van der Waals surface area contributed by atoms with Crippen molar-refractivity contribution in [2.24, 2.45) is 0 Å². The molecule has 0 saturated heterocycles. The van der Waals surface area contributed by atoms with Gasteiger partial charge in [0.2, 0.25) is 5.88 Å².